The Balaban J connectivity index is 1.29. The van der Waals surface area contributed by atoms with E-state index in [0.29, 0.717) is 16.5 Å². The molecule has 9 heteroatoms. The number of furan rings is 1. The van der Waals surface area contributed by atoms with Crippen molar-refractivity contribution in [3.63, 3.8) is 0 Å². The summed E-state index contributed by atoms with van der Waals surface area (Å²) in [5.41, 5.74) is 1.50. The van der Waals surface area contributed by atoms with Crippen LogP contribution in [0.3, 0.4) is 0 Å². The molecule has 0 aliphatic rings. The minimum atomic E-state index is -0.540. The molecule has 0 aliphatic heterocycles. The Bertz CT molecular complexity index is 1170. The maximum atomic E-state index is 12.0. The summed E-state index contributed by atoms with van der Waals surface area (Å²) < 4.78 is 13.2. The normalized spacial score (nSPS) is 10.5. The Morgan fingerprint density at radius 1 is 1.17 bits per heavy atom. The second-order valence-electron chi connectivity index (χ2n) is 5.72. The van der Waals surface area contributed by atoms with Crippen molar-refractivity contribution in [1.82, 2.24) is 20.2 Å². The number of aromatic nitrogens is 4. The molecule has 144 valence electrons. The van der Waals surface area contributed by atoms with E-state index in [1.165, 1.54) is 11.8 Å². The molecule has 0 bridgehead atoms. The molecule has 0 aliphatic carbocycles. The number of hydrogen-bond acceptors (Lipinski definition) is 7. The molecule has 0 fully saturated rings. The summed E-state index contributed by atoms with van der Waals surface area (Å²) in [6.07, 6.45) is 0. The van der Waals surface area contributed by atoms with Gasteiger partial charge in [-0.25, -0.2) is 4.79 Å². The highest BCUT2D eigenvalue weighted by Crippen LogP contribution is 2.20. The lowest BCUT2D eigenvalue weighted by molar-refractivity contribution is 0.0523. The number of para-hydroxylation sites is 1. The number of nitrogens with zero attached hydrogens (tertiary/aromatic N) is 4. The number of benzene rings is 2. The van der Waals surface area contributed by atoms with Crippen molar-refractivity contribution in [3.8, 4) is 17.5 Å². The highest BCUT2D eigenvalue weighted by Gasteiger charge is 2.12. The van der Waals surface area contributed by atoms with Gasteiger partial charge in [-0.3, -0.25) is 0 Å². The first-order valence-electron chi connectivity index (χ1n) is 8.49. The minimum Gasteiger partial charge on any atom is -0.449 e. The van der Waals surface area contributed by atoms with Crippen LogP contribution in [0.1, 0.15) is 10.6 Å². The van der Waals surface area contributed by atoms with Gasteiger partial charge < -0.3 is 9.15 Å². The van der Waals surface area contributed by atoms with Crippen molar-refractivity contribution in [3.05, 3.63) is 64.8 Å². The van der Waals surface area contributed by atoms with Gasteiger partial charge in [-0.2, -0.15) is 4.68 Å². The third kappa shape index (κ3) is 4.67. The molecule has 4 aromatic rings. The van der Waals surface area contributed by atoms with E-state index in [0.717, 1.165) is 15.5 Å². The molecule has 2 aromatic carbocycles. The van der Waals surface area contributed by atoms with Crippen LogP contribution in [-0.2, 0) is 4.74 Å². The molecular formula is C20H13BrN4O3S. The van der Waals surface area contributed by atoms with Crippen molar-refractivity contribution in [2.24, 2.45) is 0 Å². The highest BCUT2D eigenvalue weighted by atomic mass is 79.9. The third-order valence-corrected chi connectivity index (χ3v) is 5.14. The van der Waals surface area contributed by atoms with E-state index in [1.54, 1.807) is 16.8 Å². The van der Waals surface area contributed by atoms with Gasteiger partial charge in [-0.05, 0) is 46.8 Å². The molecule has 0 spiro atoms. The summed E-state index contributed by atoms with van der Waals surface area (Å²) >= 11 is 4.79. The Kier molecular flexibility index (Phi) is 5.93. The van der Waals surface area contributed by atoms with Crippen molar-refractivity contribution in [2.45, 2.75) is 5.16 Å². The van der Waals surface area contributed by atoms with Gasteiger partial charge in [0, 0.05) is 9.86 Å². The number of tetrazole rings is 1. The summed E-state index contributed by atoms with van der Waals surface area (Å²) in [5.74, 6) is 5.82. The zero-order chi connectivity index (χ0) is 20.1. The standard InChI is InChI=1S/C20H13BrN4O3S/c21-15-7-9-16(10-8-15)25-20(22-23-24-25)29-12-4-3-11-27-19(26)18-13-14-5-1-2-6-17(14)28-18/h1-2,5-10,13H,11-12H2. The summed E-state index contributed by atoms with van der Waals surface area (Å²) in [5, 5.41) is 13.2. The lowest BCUT2D eigenvalue weighted by Crippen LogP contribution is -2.03. The summed E-state index contributed by atoms with van der Waals surface area (Å²) in [6, 6.07) is 16.7. The molecule has 29 heavy (non-hydrogen) atoms. The highest BCUT2D eigenvalue weighted by molar-refractivity contribution is 9.10. The molecule has 0 radical (unpaired) electrons. The molecule has 0 unspecified atom stereocenters. The quantitative estimate of drug-likeness (QED) is 0.247. The van der Waals surface area contributed by atoms with E-state index in [2.05, 4.69) is 43.3 Å². The smallest absolute Gasteiger partial charge is 0.375 e. The van der Waals surface area contributed by atoms with Gasteiger partial charge in [-0.15, -0.1) is 5.10 Å². The maximum absolute atomic E-state index is 12.0. The lowest BCUT2D eigenvalue weighted by atomic mass is 10.2. The molecule has 0 saturated carbocycles. The fraction of sp³-hybridized carbons (Fsp3) is 0.100. The van der Waals surface area contributed by atoms with Crippen LogP contribution in [0.15, 0.2) is 68.6 Å². The topological polar surface area (TPSA) is 83.0 Å². The average molecular weight is 469 g/mol. The number of carbonyl (C=O) groups is 1. The molecule has 4 rings (SSSR count). The Morgan fingerprint density at radius 3 is 2.83 bits per heavy atom. The predicted octanol–water partition coefficient (Wildman–Crippen LogP) is 4.12. The van der Waals surface area contributed by atoms with Crippen molar-refractivity contribution < 1.29 is 13.9 Å². The molecule has 0 saturated heterocycles. The van der Waals surface area contributed by atoms with Crippen molar-refractivity contribution in [1.29, 1.82) is 0 Å². The van der Waals surface area contributed by atoms with Crippen LogP contribution in [0.2, 0.25) is 0 Å². The van der Waals surface area contributed by atoms with Crippen LogP contribution in [0.5, 0.6) is 0 Å². The zero-order valence-corrected chi connectivity index (χ0v) is 17.3. The minimum absolute atomic E-state index is 0.0198. The number of hydrogen-bond donors (Lipinski definition) is 0. The molecule has 7 nitrogen and oxygen atoms in total. The number of ether oxygens (including phenoxy) is 1. The van der Waals surface area contributed by atoms with E-state index in [1.807, 2.05) is 42.5 Å². The molecule has 2 heterocycles. The van der Waals surface area contributed by atoms with Gasteiger partial charge in [0.1, 0.15) is 5.58 Å². The first kappa shape index (κ1) is 19.2. The van der Waals surface area contributed by atoms with Crippen LogP contribution in [0, 0.1) is 11.8 Å². The molecule has 0 N–H and O–H groups in total. The van der Waals surface area contributed by atoms with Crippen LogP contribution in [0.25, 0.3) is 16.7 Å². The first-order chi connectivity index (χ1) is 14.2. The number of thioether (sulfide) groups is 1. The van der Waals surface area contributed by atoms with Gasteiger partial charge in [0.25, 0.3) is 0 Å². The van der Waals surface area contributed by atoms with E-state index >= 15 is 0 Å². The molecular weight excluding hydrogens is 456 g/mol. The van der Waals surface area contributed by atoms with Crippen LogP contribution >= 0.6 is 27.7 Å². The van der Waals surface area contributed by atoms with Gasteiger partial charge in [-0.1, -0.05) is 57.7 Å². The van der Waals surface area contributed by atoms with Crippen LogP contribution in [-0.4, -0.2) is 38.5 Å². The van der Waals surface area contributed by atoms with Crippen LogP contribution < -0.4 is 0 Å². The second-order valence-corrected chi connectivity index (χ2v) is 7.57. The van der Waals surface area contributed by atoms with Gasteiger partial charge in [0.05, 0.1) is 11.4 Å². The van der Waals surface area contributed by atoms with Crippen LogP contribution in [0.4, 0.5) is 0 Å². The molecule has 0 atom stereocenters. The number of esters is 1. The molecule has 2 aromatic heterocycles. The Labute approximate surface area is 178 Å². The first-order valence-corrected chi connectivity index (χ1v) is 10.3. The van der Waals surface area contributed by atoms with E-state index in [9.17, 15) is 4.79 Å². The number of halogens is 1. The third-order valence-electron chi connectivity index (χ3n) is 3.81. The van der Waals surface area contributed by atoms with E-state index in [4.69, 9.17) is 9.15 Å². The second kappa shape index (κ2) is 8.94. The van der Waals surface area contributed by atoms with E-state index in [-0.39, 0.29) is 12.4 Å². The summed E-state index contributed by atoms with van der Waals surface area (Å²) in [7, 11) is 0. The monoisotopic (exact) mass is 468 g/mol. The summed E-state index contributed by atoms with van der Waals surface area (Å²) in [4.78, 5) is 12.0. The average Bonchev–Trinajstić information content (AvgIpc) is 3.38. The van der Waals surface area contributed by atoms with E-state index < -0.39 is 5.97 Å². The van der Waals surface area contributed by atoms with Gasteiger partial charge in [0.2, 0.25) is 10.9 Å². The van der Waals surface area contributed by atoms with Crippen molar-refractivity contribution in [2.75, 3.05) is 12.4 Å². The molecule has 0 amide bonds. The fourth-order valence-electron chi connectivity index (χ4n) is 2.47. The van der Waals surface area contributed by atoms with Gasteiger partial charge >= 0.3 is 5.97 Å². The van der Waals surface area contributed by atoms with Gasteiger partial charge in [0.15, 0.2) is 6.61 Å². The number of fused-ring (bicyclic) bond motifs is 1. The maximum Gasteiger partial charge on any atom is 0.375 e. The number of carbonyl (C=O) groups excluding carboxylic acids is 1. The summed E-state index contributed by atoms with van der Waals surface area (Å²) in [6.45, 7) is -0.0198. The Morgan fingerprint density at radius 2 is 2.00 bits per heavy atom. The Hall–Kier alpha value is -3.09. The fourth-order valence-corrected chi connectivity index (χ4v) is 3.40. The largest absolute Gasteiger partial charge is 0.449 e. The number of rotatable bonds is 5. The lowest BCUT2D eigenvalue weighted by Gasteiger charge is -2.02. The zero-order valence-electron chi connectivity index (χ0n) is 14.9. The SMILES string of the molecule is O=C(OCC#CCSc1nnnn1-c1ccc(Br)cc1)c1cc2ccccc2o1. The van der Waals surface area contributed by atoms with Crippen molar-refractivity contribution >= 4 is 44.6 Å². The predicted molar refractivity (Wildman–Crippen MR) is 112 cm³/mol.